The van der Waals surface area contributed by atoms with Crippen LogP contribution in [0.2, 0.25) is 0 Å². The number of rotatable bonds is 4. The van der Waals surface area contributed by atoms with Gasteiger partial charge in [0.1, 0.15) is 11.6 Å². The minimum atomic E-state index is -1.00. The average Bonchev–Trinajstić information content (AvgIpc) is 3.19. The summed E-state index contributed by atoms with van der Waals surface area (Å²) in [6.07, 6.45) is 0.849. The topological polar surface area (TPSA) is 108 Å². The molecule has 3 amide bonds. The molecule has 3 fully saturated rings. The smallest absolute Gasteiger partial charge is 0.246 e. The predicted octanol–water partition coefficient (Wildman–Crippen LogP) is -0.597. The van der Waals surface area contributed by atoms with E-state index in [2.05, 4.69) is 10.6 Å². The van der Waals surface area contributed by atoms with Gasteiger partial charge in [-0.05, 0) is 40.5 Å². The van der Waals surface area contributed by atoms with Crippen molar-refractivity contribution in [1.29, 1.82) is 0 Å². The Balaban J connectivity index is 2.05. The lowest BCUT2D eigenvalue weighted by Gasteiger charge is -2.37. The molecule has 2 bridgehead atoms. The average molecular weight is 367 g/mol. The maximum Gasteiger partial charge on any atom is 0.246 e. The zero-order valence-electron chi connectivity index (χ0n) is 16.0. The lowest BCUT2D eigenvalue weighted by Crippen LogP contribution is -2.60. The van der Waals surface area contributed by atoms with Gasteiger partial charge in [-0.15, -0.1) is 0 Å². The van der Waals surface area contributed by atoms with E-state index in [0.717, 1.165) is 0 Å². The van der Waals surface area contributed by atoms with E-state index in [1.807, 2.05) is 20.8 Å². The molecule has 3 saturated heterocycles. The van der Waals surface area contributed by atoms with Gasteiger partial charge in [0.05, 0.1) is 30.6 Å². The molecule has 8 heteroatoms. The van der Waals surface area contributed by atoms with Crippen LogP contribution in [-0.4, -0.2) is 70.7 Å². The van der Waals surface area contributed by atoms with E-state index in [9.17, 15) is 19.5 Å². The molecule has 3 aliphatic heterocycles. The maximum atomic E-state index is 13.3. The molecule has 3 heterocycles. The van der Waals surface area contributed by atoms with Crippen molar-refractivity contribution < 1.29 is 24.2 Å². The van der Waals surface area contributed by atoms with Crippen molar-refractivity contribution in [3.63, 3.8) is 0 Å². The molecule has 3 aliphatic rings. The van der Waals surface area contributed by atoms with Crippen molar-refractivity contribution in [3.8, 4) is 0 Å². The molecule has 6 atom stereocenters. The number of fused-ring (bicyclic) bond motifs is 1. The molecule has 3 rings (SSSR count). The fraction of sp³-hybridized carbons (Fsp3) is 0.833. The number of ether oxygens (including phenoxy) is 1. The number of amides is 3. The van der Waals surface area contributed by atoms with E-state index < -0.39 is 35.1 Å². The molecule has 0 aromatic heterocycles. The number of carbonyl (C=O) groups is 3. The van der Waals surface area contributed by atoms with Gasteiger partial charge in [0.15, 0.2) is 0 Å². The lowest BCUT2D eigenvalue weighted by molar-refractivity contribution is -0.145. The van der Waals surface area contributed by atoms with Crippen LogP contribution in [0.15, 0.2) is 0 Å². The minimum absolute atomic E-state index is 0.233. The Labute approximate surface area is 153 Å². The monoisotopic (exact) mass is 367 g/mol. The van der Waals surface area contributed by atoms with Crippen molar-refractivity contribution in [2.24, 2.45) is 11.8 Å². The first-order chi connectivity index (χ1) is 12.1. The summed E-state index contributed by atoms with van der Waals surface area (Å²) in [7, 11) is 1.54. The third-order valence-electron chi connectivity index (χ3n) is 5.77. The summed E-state index contributed by atoms with van der Waals surface area (Å²) in [5, 5.41) is 15.2. The molecule has 0 radical (unpaired) electrons. The number of aliphatic hydroxyl groups is 1. The van der Waals surface area contributed by atoms with Gasteiger partial charge in [0.2, 0.25) is 17.7 Å². The van der Waals surface area contributed by atoms with E-state index >= 15 is 0 Å². The summed E-state index contributed by atoms with van der Waals surface area (Å²) in [5.41, 5.74) is -1.47. The Morgan fingerprint density at radius 3 is 2.58 bits per heavy atom. The first kappa shape index (κ1) is 19.1. The fourth-order valence-electron chi connectivity index (χ4n) is 4.86. The van der Waals surface area contributed by atoms with Gasteiger partial charge in [-0.1, -0.05) is 0 Å². The summed E-state index contributed by atoms with van der Waals surface area (Å²) in [6, 6.07) is -1.38. The van der Waals surface area contributed by atoms with Crippen molar-refractivity contribution in [1.82, 2.24) is 15.5 Å². The van der Waals surface area contributed by atoms with Crippen LogP contribution in [0, 0.1) is 11.8 Å². The summed E-state index contributed by atoms with van der Waals surface area (Å²) in [4.78, 5) is 40.3. The normalized spacial score (nSPS) is 36.8. The molecule has 0 saturated carbocycles. The minimum Gasteiger partial charge on any atom is -0.394 e. The molecular formula is C18H29N3O5. The summed E-state index contributed by atoms with van der Waals surface area (Å²) in [6.45, 7) is 7.06. The first-order valence-electron chi connectivity index (χ1n) is 9.22. The Morgan fingerprint density at radius 1 is 1.38 bits per heavy atom. The van der Waals surface area contributed by atoms with Crippen LogP contribution in [0.1, 0.15) is 40.5 Å². The summed E-state index contributed by atoms with van der Waals surface area (Å²) < 4.78 is 6.20. The lowest BCUT2D eigenvalue weighted by atomic mass is 9.70. The molecular weight excluding hydrogens is 338 g/mol. The summed E-state index contributed by atoms with van der Waals surface area (Å²) >= 11 is 0. The van der Waals surface area contributed by atoms with E-state index in [-0.39, 0.29) is 30.4 Å². The van der Waals surface area contributed by atoms with Gasteiger partial charge in [-0.2, -0.15) is 0 Å². The van der Waals surface area contributed by atoms with Gasteiger partial charge in [0.25, 0.3) is 0 Å². The van der Waals surface area contributed by atoms with Crippen LogP contribution in [0.4, 0.5) is 0 Å². The summed E-state index contributed by atoms with van der Waals surface area (Å²) in [5.74, 6) is -2.10. The number of nitrogens with one attached hydrogen (secondary N) is 2. The van der Waals surface area contributed by atoms with Gasteiger partial charge < -0.3 is 25.4 Å². The molecule has 0 aliphatic carbocycles. The SMILES string of the molecule is CNC(=O)[C@@H]1[C@H]2C(=O)N([C@H](C)CO)C(C(=O)NC(C)(C)C)C23CC[C@H]1O3. The molecule has 26 heavy (non-hydrogen) atoms. The Bertz CT molecular complexity index is 631. The van der Waals surface area contributed by atoms with E-state index in [1.54, 1.807) is 14.0 Å². The number of aliphatic hydroxyl groups excluding tert-OH is 1. The maximum absolute atomic E-state index is 13.3. The third kappa shape index (κ3) is 2.62. The second-order valence-electron chi connectivity index (χ2n) is 8.69. The Morgan fingerprint density at radius 2 is 2.04 bits per heavy atom. The molecule has 0 aromatic carbocycles. The second-order valence-corrected chi connectivity index (χ2v) is 8.69. The number of carbonyl (C=O) groups excluding carboxylic acids is 3. The highest BCUT2D eigenvalue weighted by Gasteiger charge is 2.74. The number of hydrogen-bond donors (Lipinski definition) is 3. The van der Waals surface area contributed by atoms with E-state index in [1.165, 1.54) is 4.90 Å². The van der Waals surface area contributed by atoms with E-state index in [0.29, 0.717) is 12.8 Å². The van der Waals surface area contributed by atoms with Crippen molar-refractivity contribution in [3.05, 3.63) is 0 Å². The second kappa shape index (κ2) is 6.20. The first-order valence-corrected chi connectivity index (χ1v) is 9.22. The van der Waals surface area contributed by atoms with Crippen molar-refractivity contribution >= 4 is 17.7 Å². The predicted molar refractivity (Wildman–Crippen MR) is 93.0 cm³/mol. The highest BCUT2D eigenvalue weighted by Crippen LogP contribution is 2.58. The highest BCUT2D eigenvalue weighted by molar-refractivity contribution is 5.99. The molecule has 146 valence electrons. The van der Waals surface area contributed by atoms with Crippen LogP contribution in [0.5, 0.6) is 0 Å². The third-order valence-corrected chi connectivity index (χ3v) is 5.77. The Kier molecular flexibility index (Phi) is 4.55. The number of likely N-dealkylation sites (tertiary alicyclic amines) is 1. The molecule has 2 unspecified atom stereocenters. The highest BCUT2D eigenvalue weighted by atomic mass is 16.5. The van der Waals surface area contributed by atoms with Crippen LogP contribution < -0.4 is 10.6 Å². The van der Waals surface area contributed by atoms with Crippen LogP contribution >= 0.6 is 0 Å². The zero-order valence-corrected chi connectivity index (χ0v) is 16.0. The van der Waals surface area contributed by atoms with Crippen LogP contribution in [0.25, 0.3) is 0 Å². The fourth-order valence-corrected chi connectivity index (χ4v) is 4.86. The zero-order chi connectivity index (χ0) is 19.4. The standard InChI is InChI=1S/C18H29N3O5/c1-9(8-22)21-13(15(24)20-17(2,3)4)18-7-6-10(26-18)11(14(23)19-5)12(18)16(21)25/h9-13,22H,6-8H2,1-5H3,(H,19,23)(H,20,24)/t9-,10-,11+,12+,13?,18?/m1/s1. The Hall–Kier alpha value is -1.67. The quantitative estimate of drug-likeness (QED) is 0.615. The van der Waals surface area contributed by atoms with Gasteiger partial charge in [0, 0.05) is 12.6 Å². The molecule has 0 aromatic rings. The van der Waals surface area contributed by atoms with Crippen LogP contribution in [-0.2, 0) is 19.1 Å². The number of nitrogens with zero attached hydrogens (tertiary/aromatic N) is 1. The molecule has 1 spiro atoms. The van der Waals surface area contributed by atoms with Gasteiger partial charge in [-0.25, -0.2) is 0 Å². The molecule has 3 N–H and O–H groups in total. The van der Waals surface area contributed by atoms with Crippen molar-refractivity contribution in [2.45, 2.75) is 69.9 Å². The number of hydrogen-bond acceptors (Lipinski definition) is 5. The van der Waals surface area contributed by atoms with E-state index in [4.69, 9.17) is 4.74 Å². The largest absolute Gasteiger partial charge is 0.394 e. The van der Waals surface area contributed by atoms with Gasteiger partial charge >= 0.3 is 0 Å². The van der Waals surface area contributed by atoms with Gasteiger partial charge in [-0.3, -0.25) is 14.4 Å². The molecule has 8 nitrogen and oxygen atoms in total. The van der Waals surface area contributed by atoms with Crippen molar-refractivity contribution in [2.75, 3.05) is 13.7 Å². The van der Waals surface area contributed by atoms with Crippen LogP contribution in [0.3, 0.4) is 0 Å².